The molecule has 1 aromatic carbocycles. The Morgan fingerprint density at radius 2 is 1.79 bits per heavy atom. The van der Waals surface area contributed by atoms with Gasteiger partial charge in [-0.3, -0.25) is 18.5 Å². The minimum Gasteiger partial charge on any atom is -0.335 e. The number of hydrogen-bond donors (Lipinski definition) is 0. The first-order chi connectivity index (χ1) is 9.05. The lowest BCUT2D eigenvalue weighted by Gasteiger charge is -2.17. The van der Waals surface area contributed by atoms with Crippen molar-refractivity contribution in [3.05, 3.63) is 39.9 Å². The Kier molecular flexibility index (Phi) is 3.03. The molecule has 102 valence electrons. The van der Waals surface area contributed by atoms with Crippen LogP contribution < -0.4 is 0 Å². The van der Waals surface area contributed by atoms with Crippen LogP contribution in [0.15, 0.2) is 24.3 Å². The fraction of sp³-hybridized carbons (Fsp3) is 0.455. The molecule has 2 fully saturated rings. The van der Waals surface area contributed by atoms with Gasteiger partial charge in [0.1, 0.15) is 6.10 Å². The van der Waals surface area contributed by atoms with Crippen molar-refractivity contribution in [2.75, 3.05) is 11.5 Å². The van der Waals surface area contributed by atoms with Crippen LogP contribution >= 0.6 is 0 Å². The van der Waals surface area contributed by atoms with E-state index in [0.717, 1.165) is 0 Å². The SMILES string of the molecule is O=[N+]([O-])c1ccc([C@H]2OC23[S@](=O)CCC[S@]3=O)cc1. The molecule has 6 nitrogen and oxygen atoms in total. The van der Waals surface area contributed by atoms with Gasteiger partial charge in [0.05, 0.1) is 26.5 Å². The molecule has 1 aromatic rings. The topological polar surface area (TPSA) is 89.8 Å². The molecule has 0 bridgehead atoms. The summed E-state index contributed by atoms with van der Waals surface area (Å²) in [6.07, 6.45) is 0.201. The molecule has 2 saturated heterocycles. The number of ether oxygens (including phenoxy) is 1. The molecule has 19 heavy (non-hydrogen) atoms. The van der Waals surface area contributed by atoms with Crippen LogP contribution in [0.3, 0.4) is 0 Å². The summed E-state index contributed by atoms with van der Waals surface area (Å²) in [6, 6.07) is 5.89. The molecule has 0 amide bonds. The lowest BCUT2D eigenvalue weighted by Crippen LogP contribution is -2.34. The Bertz CT molecular complexity index is 569. The van der Waals surface area contributed by atoms with Gasteiger partial charge < -0.3 is 4.74 Å². The minimum absolute atomic E-state index is 0.00987. The Morgan fingerprint density at radius 1 is 1.21 bits per heavy atom. The number of non-ortho nitro benzene ring substituents is 1. The maximum Gasteiger partial charge on any atom is 0.269 e. The van der Waals surface area contributed by atoms with Crippen molar-refractivity contribution in [3.63, 3.8) is 0 Å². The summed E-state index contributed by atoms with van der Waals surface area (Å²) in [6.45, 7) is 0. The molecular formula is C11H11NO5S2. The van der Waals surface area contributed by atoms with Gasteiger partial charge in [-0.15, -0.1) is 0 Å². The van der Waals surface area contributed by atoms with Gasteiger partial charge in [-0.1, -0.05) is 0 Å². The second-order valence-corrected chi connectivity index (χ2v) is 8.07. The molecule has 0 N–H and O–H groups in total. The van der Waals surface area contributed by atoms with Crippen LogP contribution in [0.2, 0.25) is 0 Å². The largest absolute Gasteiger partial charge is 0.335 e. The van der Waals surface area contributed by atoms with Crippen LogP contribution in [0.4, 0.5) is 5.69 Å². The first-order valence-electron chi connectivity index (χ1n) is 5.75. The number of nitro groups is 1. The molecule has 3 rings (SSSR count). The second-order valence-electron chi connectivity index (χ2n) is 4.40. The van der Waals surface area contributed by atoms with Crippen LogP contribution in [0.5, 0.6) is 0 Å². The van der Waals surface area contributed by atoms with E-state index in [9.17, 15) is 18.5 Å². The summed E-state index contributed by atoms with van der Waals surface area (Å²) >= 11 is 0. The van der Waals surface area contributed by atoms with Gasteiger partial charge in [0.2, 0.25) is 4.27 Å². The van der Waals surface area contributed by atoms with Crippen LogP contribution in [0.1, 0.15) is 18.1 Å². The van der Waals surface area contributed by atoms with Crippen molar-refractivity contribution in [3.8, 4) is 0 Å². The van der Waals surface area contributed by atoms with E-state index in [0.29, 0.717) is 23.5 Å². The van der Waals surface area contributed by atoms with E-state index in [-0.39, 0.29) is 5.69 Å². The third kappa shape index (κ3) is 1.94. The third-order valence-electron chi connectivity index (χ3n) is 3.25. The molecule has 2 aliphatic heterocycles. The molecular weight excluding hydrogens is 290 g/mol. The van der Waals surface area contributed by atoms with Gasteiger partial charge in [-0.2, -0.15) is 0 Å². The molecule has 0 aliphatic carbocycles. The highest BCUT2D eigenvalue weighted by Crippen LogP contribution is 2.56. The number of nitrogens with zero attached hydrogens (tertiary/aromatic N) is 1. The van der Waals surface area contributed by atoms with E-state index in [4.69, 9.17) is 4.74 Å². The molecule has 0 saturated carbocycles. The van der Waals surface area contributed by atoms with Crippen LogP contribution in [0, 0.1) is 10.1 Å². The van der Waals surface area contributed by atoms with Crippen LogP contribution in [0.25, 0.3) is 0 Å². The Labute approximate surface area is 114 Å². The summed E-state index contributed by atoms with van der Waals surface area (Å²) in [5, 5.41) is 10.6. The fourth-order valence-corrected chi connectivity index (χ4v) is 6.28. The van der Waals surface area contributed by atoms with Crippen molar-refractivity contribution >= 4 is 27.3 Å². The van der Waals surface area contributed by atoms with Crippen molar-refractivity contribution in [2.24, 2.45) is 0 Å². The monoisotopic (exact) mass is 301 g/mol. The van der Waals surface area contributed by atoms with E-state index in [1.165, 1.54) is 12.1 Å². The quantitative estimate of drug-likeness (QED) is 0.465. The smallest absolute Gasteiger partial charge is 0.269 e. The Balaban J connectivity index is 1.87. The first kappa shape index (κ1) is 12.9. The molecule has 2 aliphatic rings. The van der Waals surface area contributed by atoms with E-state index < -0.39 is 36.9 Å². The van der Waals surface area contributed by atoms with Crippen molar-refractivity contribution in [1.82, 2.24) is 0 Å². The fourth-order valence-electron chi connectivity index (χ4n) is 2.23. The van der Waals surface area contributed by atoms with Gasteiger partial charge in [-0.25, -0.2) is 0 Å². The summed E-state index contributed by atoms with van der Waals surface area (Å²) < 4.78 is 28.5. The third-order valence-corrected chi connectivity index (χ3v) is 7.57. The van der Waals surface area contributed by atoms with Crippen molar-refractivity contribution in [1.29, 1.82) is 0 Å². The number of epoxide rings is 1. The highest BCUT2D eigenvalue weighted by atomic mass is 32.2. The predicted octanol–water partition coefficient (Wildman–Crippen LogP) is 1.22. The molecule has 3 atom stereocenters. The lowest BCUT2D eigenvalue weighted by molar-refractivity contribution is -0.384. The van der Waals surface area contributed by atoms with Gasteiger partial charge in [0.15, 0.2) is 0 Å². The zero-order chi connectivity index (χ0) is 13.6. The summed E-state index contributed by atoms with van der Waals surface area (Å²) in [5.74, 6) is 0.991. The van der Waals surface area contributed by atoms with E-state index >= 15 is 0 Å². The maximum atomic E-state index is 12.0. The molecule has 8 heteroatoms. The average molecular weight is 301 g/mol. The summed E-state index contributed by atoms with van der Waals surface area (Å²) in [5.41, 5.74) is 0.679. The number of hydrogen-bond acceptors (Lipinski definition) is 5. The number of nitro benzene ring substituents is 1. The summed E-state index contributed by atoms with van der Waals surface area (Å²) in [7, 11) is -2.54. The summed E-state index contributed by atoms with van der Waals surface area (Å²) in [4.78, 5) is 10.1. The Hall–Kier alpha value is -1.12. The molecule has 2 heterocycles. The first-order valence-corrected chi connectivity index (χ1v) is 8.38. The van der Waals surface area contributed by atoms with Gasteiger partial charge in [-0.05, 0) is 24.1 Å². The molecule has 0 aromatic heterocycles. The van der Waals surface area contributed by atoms with Crippen molar-refractivity contribution in [2.45, 2.75) is 16.8 Å². The van der Waals surface area contributed by atoms with Crippen molar-refractivity contribution < 1.29 is 18.1 Å². The van der Waals surface area contributed by atoms with E-state index in [1.54, 1.807) is 12.1 Å². The minimum atomic E-state index is -1.27. The normalized spacial score (nSPS) is 32.1. The average Bonchev–Trinajstić information content (AvgIpc) is 3.13. The maximum absolute atomic E-state index is 12.0. The van der Waals surface area contributed by atoms with Gasteiger partial charge >= 0.3 is 0 Å². The lowest BCUT2D eigenvalue weighted by atomic mass is 10.1. The highest BCUT2D eigenvalue weighted by Gasteiger charge is 2.67. The van der Waals surface area contributed by atoms with Gasteiger partial charge in [0.25, 0.3) is 5.69 Å². The zero-order valence-corrected chi connectivity index (χ0v) is 11.4. The van der Waals surface area contributed by atoms with Gasteiger partial charge in [0, 0.05) is 23.6 Å². The molecule has 0 unspecified atom stereocenters. The predicted molar refractivity (Wildman–Crippen MR) is 70.3 cm³/mol. The van der Waals surface area contributed by atoms with Crippen LogP contribution in [-0.4, -0.2) is 29.1 Å². The van der Waals surface area contributed by atoms with Crippen LogP contribution in [-0.2, 0) is 26.3 Å². The standard InChI is InChI=1S/C11H11NO5S2/c13-12(14)9-4-2-8(3-5-9)10-11(17-10)18(15)6-1-7-19(11)16/h2-5,10H,1,6-7H2/t10-,18-,19-/m1/s1. The highest BCUT2D eigenvalue weighted by molar-refractivity contribution is 8.05. The van der Waals surface area contributed by atoms with E-state index in [1.807, 2.05) is 0 Å². The Morgan fingerprint density at radius 3 is 2.32 bits per heavy atom. The zero-order valence-electron chi connectivity index (χ0n) is 9.81. The molecule has 0 radical (unpaired) electrons. The second kappa shape index (κ2) is 4.46. The van der Waals surface area contributed by atoms with E-state index in [2.05, 4.69) is 0 Å². The number of rotatable bonds is 2. The number of benzene rings is 1. The molecule has 1 spiro atoms.